The van der Waals surface area contributed by atoms with Crippen molar-refractivity contribution in [3.8, 4) is 0 Å². The van der Waals surface area contributed by atoms with Gasteiger partial charge in [0, 0.05) is 27.5 Å². The SMILES string of the molecule is CC(=O)N1Cc2sc(C(=O)O)c(I)c2C1. The Morgan fingerprint density at radius 3 is 2.60 bits per heavy atom. The topological polar surface area (TPSA) is 57.6 Å². The minimum absolute atomic E-state index is 0.0334. The molecule has 1 amide bonds. The van der Waals surface area contributed by atoms with Gasteiger partial charge in [0.25, 0.3) is 0 Å². The lowest BCUT2D eigenvalue weighted by Crippen LogP contribution is -2.22. The first-order valence-corrected chi connectivity index (χ1v) is 6.19. The van der Waals surface area contributed by atoms with E-state index in [1.165, 1.54) is 18.3 Å². The maximum absolute atomic E-state index is 11.2. The molecule has 0 saturated heterocycles. The molecule has 0 aliphatic carbocycles. The van der Waals surface area contributed by atoms with Crippen molar-refractivity contribution in [2.75, 3.05) is 0 Å². The van der Waals surface area contributed by atoms with Crippen molar-refractivity contribution in [2.45, 2.75) is 20.0 Å². The molecule has 1 aromatic rings. The van der Waals surface area contributed by atoms with E-state index in [0.717, 1.165) is 14.0 Å². The average molecular weight is 337 g/mol. The number of carboxylic acids is 1. The molecule has 0 fully saturated rings. The molecule has 0 aromatic carbocycles. The van der Waals surface area contributed by atoms with Gasteiger partial charge in [-0.15, -0.1) is 11.3 Å². The molecule has 15 heavy (non-hydrogen) atoms. The molecule has 2 rings (SSSR count). The van der Waals surface area contributed by atoms with E-state index in [1.807, 2.05) is 22.6 Å². The largest absolute Gasteiger partial charge is 0.477 e. The lowest BCUT2D eigenvalue weighted by Gasteiger charge is -2.12. The van der Waals surface area contributed by atoms with Gasteiger partial charge in [0.05, 0.1) is 6.54 Å². The van der Waals surface area contributed by atoms with Crippen molar-refractivity contribution in [3.05, 3.63) is 18.9 Å². The molecule has 1 aromatic heterocycles. The maximum atomic E-state index is 11.2. The lowest BCUT2D eigenvalue weighted by molar-refractivity contribution is -0.129. The van der Waals surface area contributed by atoms with Crippen molar-refractivity contribution < 1.29 is 14.7 Å². The number of carboxylic acid groups (broad SMARTS) is 1. The Balaban J connectivity index is 2.36. The van der Waals surface area contributed by atoms with E-state index in [2.05, 4.69) is 0 Å². The number of thiophene rings is 1. The summed E-state index contributed by atoms with van der Waals surface area (Å²) in [7, 11) is 0. The van der Waals surface area contributed by atoms with Crippen LogP contribution in [0.15, 0.2) is 0 Å². The molecule has 0 bridgehead atoms. The quantitative estimate of drug-likeness (QED) is 0.797. The second-order valence-corrected chi connectivity index (χ2v) is 5.51. The predicted molar refractivity (Wildman–Crippen MR) is 63.9 cm³/mol. The molecular weight excluding hydrogens is 329 g/mol. The Hall–Kier alpha value is -0.630. The molecular formula is C9H8INO3S. The van der Waals surface area contributed by atoms with Crippen LogP contribution in [0.3, 0.4) is 0 Å². The van der Waals surface area contributed by atoms with Crippen LogP contribution in [0, 0.1) is 3.57 Å². The highest BCUT2D eigenvalue weighted by Crippen LogP contribution is 2.36. The fourth-order valence-corrected chi connectivity index (χ4v) is 3.85. The van der Waals surface area contributed by atoms with Gasteiger partial charge in [-0.3, -0.25) is 4.79 Å². The van der Waals surface area contributed by atoms with E-state index >= 15 is 0 Å². The van der Waals surface area contributed by atoms with Gasteiger partial charge in [-0.2, -0.15) is 0 Å². The molecule has 0 atom stereocenters. The predicted octanol–water partition coefficient (Wildman–Crippen LogP) is 1.91. The van der Waals surface area contributed by atoms with Gasteiger partial charge < -0.3 is 10.0 Å². The van der Waals surface area contributed by atoms with Gasteiger partial charge in [-0.05, 0) is 22.6 Å². The van der Waals surface area contributed by atoms with E-state index in [1.54, 1.807) is 4.90 Å². The molecule has 2 heterocycles. The number of carbonyl (C=O) groups excluding carboxylic acids is 1. The van der Waals surface area contributed by atoms with Crippen LogP contribution in [0.2, 0.25) is 0 Å². The zero-order chi connectivity index (χ0) is 11.2. The third-order valence-corrected chi connectivity index (χ3v) is 5.11. The van der Waals surface area contributed by atoms with Crippen LogP contribution >= 0.6 is 33.9 Å². The first kappa shape index (κ1) is 10.9. The second kappa shape index (κ2) is 3.75. The lowest BCUT2D eigenvalue weighted by atomic mass is 10.3. The number of fused-ring (bicyclic) bond motifs is 1. The summed E-state index contributed by atoms with van der Waals surface area (Å²) >= 11 is 3.32. The van der Waals surface area contributed by atoms with Crippen LogP contribution in [-0.4, -0.2) is 21.9 Å². The van der Waals surface area contributed by atoms with Gasteiger partial charge >= 0.3 is 5.97 Å². The first-order valence-electron chi connectivity index (χ1n) is 4.29. The molecule has 0 unspecified atom stereocenters. The number of amides is 1. The summed E-state index contributed by atoms with van der Waals surface area (Å²) in [6.45, 7) is 2.63. The van der Waals surface area contributed by atoms with E-state index in [0.29, 0.717) is 18.0 Å². The second-order valence-electron chi connectivity index (χ2n) is 3.33. The number of hydrogen-bond acceptors (Lipinski definition) is 3. The minimum Gasteiger partial charge on any atom is -0.477 e. The van der Waals surface area contributed by atoms with Crippen molar-refractivity contribution in [1.29, 1.82) is 0 Å². The summed E-state index contributed by atoms with van der Waals surface area (Å²) in [5, 5.41) is 8.92. The molecule has 0 spiro atoms. The normalized spacial score (nSPS) is 14.1. The smallest absolute Gasteiger partial charge is 0.346 e. The summed E-state index contributed by atoms with van der Waals surface area (Å²) in [5.74, 6) is -0.848. The summed E-state index contributed by atoms with van der Waals surface area (Å²) in [6.07, 6.45) is 0. The van der Waals surface area contributed by atoms with Gasteiger partial charge in [0.15, 0.2) is 0 Å². The van der Waals surface area contributed by atoms with E-state index in [4.69, 9.17) is 5.11 Å². The van der Waals surface area contributed by atoms with Crippen LogP contribution in [0.1, 0.15) is 27.0 Å². The molecule has 1 aliphatic rings. The molecule has 80 valence electrons. The number of rotatable bonds is 1. The standard InChI is InChI=1S/C9H8INO3S/c1-4(12)11-2-5-6(3-11)15-8(7(5)10)9(13)14/h2-3H2,1H3,(H,13,14). The first-order chi connectivity index (χ1) is 7.00. The van der Waals surface area contributed by atoms with Gasteiger partial charge in [0.1, 0.15) is 4.88 Å². The van der Waals surface area contributed by atoms with E-state index in [9.17, 15) is 9.59 Å². The van der Waals surface area contributed by atoms with Crippen LogP contribution in [0.5, 0.6) is 0 Å². The summed E-state index contributed by atoms with van der Waals surface area (Å²) in [4.78, 5) is 25.1. The van der Waals surface area contributed by atoms with Crippen LogP contribution in [0.4, 0.5) is 0 Å². The van der Waals surface area contributed by atoms with Crippen molar-refractivity contribution in [2.24, 2.45) is 0 Å². The monoisotopic (exact) mass is 337 g/mol. The molecule has 4 nitrogen and oxygen atoms in total. The summed E-state index contributed by atoms with van der Waals surface area (Å²) in [6, 6.07) is 0. The molecule has 0 radical (unpaired) electrons. The van der Waals surface area contributed by atoms with Crippen LogP contribution < -0.4 is 0 Å². The number of aromatic carboxylic acids is 1. The van der Waals surface area contributed by atoms with Gasteiger partial charge in [0.2, 0.25) is 5.91 Å². The van der Waals surface area contributed by atoms with Gasteiger partial charge in [-0.1, -0.05) is 0 Å². The third-order valence-electron chi connectivity index (χ3n) is 2.35. The Kier molecular flexibility index (Phi) is 2.72. The molecule has 1 aliphatic heterocycles. The van der Waals surface area contributed by atoms with E-state index < -0.39 is 5.97 Å². The van der Waals surface area contributed by atoms with Crippen molar-refractivity contribution in [1.82, 2.24) is 4.90 Å². The number of hydrogen-bond donors (Lipinski definition) is 1. The third kappa shape index (κ3) is 1.76. The number of carbonyl (C=O) groups is 2. The molecule has 1 N–H and O–H groups in total. The highest BCUT2D eigenvalue weighted by atomic mass is 127. The van der Waals surface area contributed by atoms with E-state index in [-0.39, 0.29) is 5.91 Å². The van der Waals surface area contributed by atoms with Crippen LogP contribution in [0.25, 0.3) is 0 Å². The Morgan fingerprint density at radius 1 is 1.47 bits per heavy atom. The maximum Gasteiger partial charge on any atom is 0.346 e. The average Bonchev–Trinajstić information content (AvgIpc) is 2.65. The summed E-state index contributed by atoms with van der Waals surface area (Å²) < 4.78 is 0.781. The zero-order valence-electron chi connectivity index (χ0n) is 7.91. The van der Waals surface area contributed by atoms with Crippen LogP contribution in [-0.2, 0) is 17.9 Å². The highest BCUT2D eigenvalue weighted by Gasteiger charge is 2.29. The molecule has 0 saturated carbocycles. The number of nitrogens with zero attached hydrogens (tertiary/aromatic N) is 1. The minimum atomic E-state index is -0.881. The molecule has 6 heteroatoms. The highest BCUT2D eigenvalue weighted by molar-refractivity contribution is 14.1. The van der Waals surface area contributed by atoms with Gasteiger partial charge in [-0.25, -0.2) is 4.79 Å². The zero-order valence-corrected chi connectivity index (χ0v) is 10.9. The fraction of sp³-hybridized carbons (Fsp3) is 0.333. The van der Waals surface area contributed by atoms with Crippen molar-refractivity contribution >= 4 is 45.8 Å². The Bertz CT molecular complexity index is 454. The summed E-state index contributed by atoms with van der Waals surface area (Å²) in [5.41, 5.74) is 1.01. The van der Waals surface area contributed by atoms with Crippen molar-refractivity contribution in [3.63, 3.8) is 0 Å². The fourth-order valence-electron chi connectivity index (χ4n) is 1.55. The Labute approximate surface area is 104 Å². The number of halogens is 1. The Morgan fingerprint density at radius 2 is 2.13 bits per heavy atom.